The molecule has 0 saturated heterocycles. The Labute approximate surface area is 270 Å². The molecule has 12 heteroatoms. The van der Waals surface area contributed by atoms with Crippen LogP contribution in [0, 0.1) is 13.8 Å². The zero-order chi connectivity index (χ0) is 32.6. The minimum absolute atomic E-state index is 0.101. The Morgan fingerprint density at radius 2 is 1.52 bits per heavy atom. The molecule has 9 nitrogen and oxygen atoms in total. The number of benzene rings is 3. The maximum Gasteiger partial charge on any atom is 0.264 e. The molecule has 3 aromatic carbocycles. The van der Waals surface area contributed by atoms with E-state index in [4.69, 9.17) is 32.7 Å². The van der Waals surface area contributed by atoms with E-state index in [-0.39, 0.29) is 29.5 Å². The van der Waals surface area contributed by atoms with E-state index in [2.05, 4.69) is 5.32 Å². The number of methoxy groups -OCH3 is 2. The molecule has 3 aromatic rings. The van der Waals surface area contributed by atoms with E-state index in [1.165, 1.54) is 37.3 Å². The summed E-state index contributed by atoms with van der Waals surface area (Å²) in [7, 11) is -1.47. The van der Waals surface area contributed by atoms with Gasteiger partial charge in [0.2, 0.25) is 11.8 Å². The zero-order valence-corrected chi connectivity index (χ0v) is 28.1. The zero-order valence-electron chi connectivity index (χ0n) is 25.8. The Hall–Kier alpha value is -3.47. The van der Waals surface area contributed by atoms with Gasteiger partial charge < -0.3 is 19.7 Å². The summed E-state index contributed by atoms with van der Waals surface area (Å²) in [6, 6.07) is 13.6. The molecule has 0 aliphatic carbocycles. The van der Waals surface area contributed by atoms with Crippen LogP contribution in [0.4, 0.5) is 5.69 Å². The first kappa shape index (κ1) is 35.0. The van der Waals surface area contributed by atoms with Crippen molar-refractivity contribution in [3.63, 3.8) is 0 Å². The maximum atomic E-state index is 14.3. The van der Waals surface area contributed by atoms with E-state index in [9.17, 15) is 18.0 Å². The average molecular weight is 665 g/mol. The highest BCUT2D eigenvalue weighted by Crippen LogP contribution is 2.33. The molecule has 0 saturated carbocycles. The quantitative estimate of drug-likeness (QED) is 0.222. The van der Waals surface area contributed by atoms with E-state index >= 15 is 0 Å². The standard InChI is InChI=1S/C32H39Cl2N3O6S/c1-7-14-35-32(39)28(8-2)36(19-25-26(33)10-9-11-27(25)34)31(38)20-37(23-16-21(3)15-22(4)17-23)44(40,41)24-12-13-29(42-5)30(18-24)43-6/h9-13,15-18,28H,7-8,14,19-20H2,1-6H3,(H,35,39). The lowest BCUT2D eigenvalue weighted by molar-refractivity contribution is -0.140. The molecule has 0 radical (unpaired) electrons. The van der Waals surface area contributed by atoms with Crippen LogP contribution in [-0.4, -0.2) is 58.5 Å². The van der Waals surface area contributed by atoms with Gasteiger partial charge in [0.15, 0.2) is 11.5 Å². The summed E-state index contributed by atoms with van der Waals surface area (Å²) < 4.78 is 40.3. The molecule has 0 fully saturated rings. The first-order valence-corrected chi connectivity index (χ1v) is 16.4. The summed E-state index contributed by atoms with van der Waals surface area (Å²) in [5.74, 6) is -0.393. The summed E-state index contributed by atoms with van der Waals surface area (Å²) in [6.45, 7) is 7.12. The molecule has 1 unspecified atom stereocenters. The number of aryl methyl sites for hydroxylation is 2. The Morgan fingerprint density at radius 1 is 0.909 bits per heavy atom. The fourth-order valence-electron chi connectivity index (χ4n) is 4.87. The Bertz CT molecular complexity index is 1560. The Morgan fingerprint density at radius 3 is 2.07 bits per heavy atom. The lowest BCUT2D eigenvalue weighted by Gasteiger charge is -2.33. The third-order valence-electron chi connectivity index (χ3n) is 7.04. The molecule has 0 aliphatic rings. The lowest BCUT2D eigenvalue weighted by Crippen LogP contribution is -2.52. The monoisotopic (exact) mass is 663 g/mol. The van der Waals surface area contributed by atoms with Gasteiger partial charge in [-0.15, -0.1) is 0 Å². The van der Waals surface area contributed by atoms with Crippen LogP contribution in [0.15, 0.2) is 59.5 Å². The van der Waals surface area contributed by atoms with Crippen LogP contribution in [0.3, 0.4) is 0 Å². The third kappa shape index (κ3) is 8.16. The second-order valence-electron chi connectivity index (χ2n) is 10.3. The second-order valence-corrected chi connectivity index (χ2v) is 13.0. The van der Waals surface area contributed by atoms with Crippen molar-refractivity contribution in [1.82, 2.24) is 10.2 Å². The van der Waals surface area contributed by atoms with E-state index < -0.39 is 28.5 Å². The number of hydrogen-bond donors (Lipinski definition) is 1. The molecule has 0 spiro atoms. The number of ether oxygens (including phenoxy) is 2. The number of anilines is 1. The van der Waals surface area contributed by atoms with Gasteiger partial charge in [0.25, 0.3) is 10.0 Å². The molecule has 2 amide bonds. The normalized spacial score (nSPS) is 11.9. The molecular formula is C32H39Cl2N3O6S. The molecule has 0 aromatic heterocycles. The number of sulfonamides is 1. The minimum atomic E-state index is -4.33. The van der Waals surface area contributed by atoms with Crippen LogP contribution in [-0.2, 0) is 26.2 Å². The molecular weight excluding hydrogens is 625 g/mol. The number of rotatable bonds is 14. The number of carbonyl (C=O) groups is 2. The highest BCUT2D eigenvalue weighted by molar-refractivity contribution is 7.92. The van der Waals surface area contributed by atoms with Gasteiger partial charge in [-0.2, -0.15) is 0 Å². The molecule has 44 heavy (non-hydrogen) atoms. The minimum Gasteiger partial charge on any atom is -0.493 e. The van der Waals surface area contributed by atoms with Crippen LogP contribution in [0.25, 0.3) is 0 Å². The van der Waals surface area contributed by atoms with Crippen molar-refractivity contribution in [2.24, 2.45) is 0 Å². The van der Waals surface area contributed by atoms with Crippen LogP contribution in [0.1, 0.15) is 43.4 Å². The van der Waals surface area contributed by atoms with Crippen molar-refractivity contribution >= 4 is 50.7 Å². The van der Waals surface area contributed by atoms with Crippen LogP contribution >= 0.6 is 23.2 Å². The van der Waals surface area contributed by atoms with E-state index in [1.54, 1.807) is 37.3 Å². The largest absolute Gasteiger partial charge is 0.493 e. The third-order valence-corrected chi connectivity index (χ3v) is 9.52. The number of carbonyl (C=O) groups excluding carboxylic acids is 2. The average Bonchev–Trinajstić information content (AvgIpc) is 2.98. The van der Waals surface area contributed by atoms with Gasteiger partial charge in [0, 0.05) is 34.8 Å². The fraction of sp³-hybridized carbons (Fsp3) is 0.375. The molecule has 1 atom stereocenters. The van der Waals surface area contributed by atoms with E-state index in [0.29, 0.717) is 40.0 Å². The van der Waals surface area contributed by atoms with Crippen molar-refractivity contribution in [2.45, 2.75) is 58.0 Å². The molecule has 0 aliphatic heterocycles. The number of nitrogens with one attached hydrogen (secondary N) is 1. The Balaban J connectivity index is 2.17. The van der Waals surface area contributed by atoms with Gasteiger partial charge in [-0.25, -0.2) is 8.42 Å². The summed E-state index contributed by atoms with van der Waals surface area (Å²) in [5, 5.41) is 3.50. The number of nitrogens with zero attached hydrogens (tertiary/aromatic N) is 2. The highest BCUT2D eigenvalue weighted by atomic mass is 35.5. The second kappa shape index (κ2) is 15.5. The topological polar surface area (TPSA) is 105 Å². The predicted octanol–water partition coefficient (Wildman–Crippen LogP) is 6.16. The van der Waals surface area contributed by atoms with Gasteiger partial charge in [-0.3, -0.25) is 13.9 Å². The molecule has 1 N–H and O–H groups in total. The van der Waals surface area contributed by atoms with Crippen molar-refractivity contribution in [2.75, 3.05) is 31.6 Å². The summed E-state index contributed by atoms with van der Waals surface area (Å²) >= 11 is 13.0. The van der Waals surface area contributed by atoms with Crippen molar-refractivity contribution in [1.29, 1.82) is 0 Å². The highest BCUT2D eigenvalue weighted by Gasteiger charge is 2.34. The predicted molar refractivity (Wildman–Crippen MR) is 174 cm³/mol. The number of hydrogen-bond acceptors (Lipinski definition) is 6. The first-order valence-electron chi connectivity index (χ1n) is 14.2. The summed E-state index contributed by atoms with van der Waals surface area (Å²) in [5.41, 5.74) is 2.37. The molecule has 3 rings (SSSR count). The van der Waals surface area contributed by atoms with E-state index in [0.717, 1.165) is 15.4 Å². The SMILES string of the molecule is CCCNC(=O)C(CC)N(Cc1c(Cl)cccc1Cl)C(=O)CN(c1cc(C)cc(C)c1)S(=O)(=O)c1ccc(OC)c(OC)c1. The lowest BCUT2D eigenvalue weighted by atomic mass is 10.1. The molecule has 0 bridgehead atoms. The summed E-state index contributed by atoms with van der Waals surface area (Å²) in [4.78, 5) is 28.9. The smallest absolute Gasteiger partial charge is 0.264 e. The van der Waals surface area contributed by atoms with Gasteiger partial charge in [-0.1, -0.05) is 49.2 Å². The van der Waals surface area contributed by atoms with Gasteiger partial charge >= 0.3 is 0 Å². The molecule has 0 heterocycles. The van der Waals surface area contributed by atoms with Crippen molar-refractivity contribution in [3.8, 4) is 11.5 Å². The van der Waals surface area contributed by atoms with Crippen LogP contribution in [0.5, 0.6) is 11.5 Å². The summed E-state index contributed by atoms with van der Waals surface area (Å²) in [6.07, 6.45) is 0.978. The number of amides is 2. The van der Waals surface area contributed by atoms with Gasteiger partial charge in [-0.05, 0) is 74.2 Å². The van der Waals surface area contributed by atoms with Gasteiger partial charge in [0.1, 0.15) is 12.6 Å². The van der Waals surface area contributed by atoms with Crippen LogP contribution < -0.4 is 19.1 Å². The van der Waals surface area contributed by atoms with Gasteiger partial charge in [0.05, 0.1) is 24.8 Å². The van der Waals surface area contributed by atoms with Crippen molar-refractivity contribution in [3.05, 3.63) is 81.3 Å². The Kier molecular flexibility index (Phi) is 12.3. The van der Waals surface area contributed by atoms with Crippen LogP contribution in [0.2, 0.25) is 10.0 Å². The number of halogens is 2. The van der Waals surface area contributed by atoms with Crippen molar-refractivity contribution < 1.29 is 27.5 Å². The molecule has 238 valence electrons. The first-order chi connectivity index (χ1) is 20.9. The fourth-order valence-corrected chi connectivity index (χ4v) is 6.80. The van der Waals surface area contributed by atoms with E-state index in [1.807, 2.05) is 26.8 Å². The maximum absolute atomic E-state index is 14.3.